The molecule has 0 bridgehead atoms. The van der Waals surface area contributed by atoms with Crippen molar-refractivity contribution in [1.29, 1.82) is 0 Å². The van der Waals surface area contributed by atoms with Gasteiger partial charge in [-0.25, -0.2) is 0 Å². The fourth-order valence-corrected chi connectivity index (χ4v) is 3.15. The Morgan fingerprint density at radius 3 is 2.46 bits per heavy atom. The van der Waals surface area contributed by atoms with E-state index in [2.05, 4.69) is 10.6 Å². The first-order valence-corrected chi connectivity index (χ1v) is 8.49. The highest BCUT2D eigenvalue weighted by Gasteiger charge is 2.44. The summed E-state index contributed by atoms with van der Waals surface area (Å²) < 4.78 is 38.4. The first-order chi connectivity index (χ1) is 13.1. The molecule has 1 aromatic carbocycles. The summed E-state index contributed by atoms with van der Waals surface area (Å²) in [7, 11) is 0. The number of amides is 4. The maximum absolute atomic E-state index is 12.8. The fourth-order valence-electron chi connectivity index (χ4n) is 3.15. The number of hydrogen-bond donors (Lipinski definition) is 3. The number of anilines is 1. The van der Waals surface area contributed by atoms with Crippen molar-refractivity contribution >= 4 is 29.3 Å². The third-order valence-electron chi connectivity index (χ3n) is 4.74. The highest BCUT2D eigenvalue weighted by molar-refractivity contribution is 6.23. The number of carbonyl (C=O) groups is 4. The van der Waals surface area contributed by atoms with Crippen molar-refractivity contribution in [3.05, 3.63) is 29.3 Å². The van der Waals surface area contributed by atoms with Crippen LogP contribution in [0.5, 0.6) is 0 Å². The quantitative estimate of drug-likeness (QED) is 0.626. The number of imide groups is 2. The average Bonchev–Trinajstić information content (AvgIpc) is 2.85. The molecule has 8 nitrogen and oxygen atoms in total. The Balaban J connectivity index is 1.78. The zero-order valence-corrected chi connectivity index (χ0v) is 14.5. The molecule has 11 heteroatoms. The summed E-state index contributed by atoms with van der Waals surface area (Å²) in [4.78, 5) is 49.2. The molecule has 150 valence electrons. The number of alkyl halides is 3. The number of nitrogens with two attached hydrogens (primary N) is 1. The standard InChI is InChI=1S/C17H17F3N4O4/c18-17(19,20)8(6-21)7-22-9-1-2-10-11(5-9)16(28)24(15(10)27)12-3-4-13(25)23-14(12)26/h1-2,5,8,12,22H,3-4,6-7,21H2,(H,23,25,26). The smallest absolute Gasteiger partial charge is 0.384 e. The van der Waals surface area contributed by atoms with Crippen LogP contribution in [0.1, 0.15) is 33.6 Å². The lowest BCUT2D eigenvalue weighted by Gasteiger charge is -2.27. The number of fused-ring (bicyclic) bond motifs is 1. The van der Waals surface area contributed by atoms with Gasteiger partial charge in [-0.15, -0.1) is 0 Å². The van der Waals surface area contributed by atoms with Crippen LogP contribution in [-0.4, -0.2) is 53.8 Å². The fraction of sp³-hybridized carbons (Fsp3) is 0.412. The lowest BCUT2D eigenvalue weighted by atomic mass is 10.0. The van der Waals surface area contributed by atoms with E-state index in [1.54, 1.807) is 0 Å². The van der Waals surface area contributed by atoms with Gasteiger partial charge in [-0.3, -0.25) is 29.4 Å². The minimum atomic E-state index is -4.47. The topological polar surface area (TPSA) is 122 Å². The van der Waals surface area contributed by atoms with Crippen molar-refractivity contribution in [3.63, 3.8) is 0 Å². The van der Waals surface area contributed by atoms with Crippen LogP contribution in [0.25, 0.3) is 0 Å². The van der Waals surface area contributed by atoms with Crippen LogP contribution in [0, 0.1) is 5.92 Å². The Bertz CT molecular complexity index is 855. The monoisotopic (exact) mass is 398 g/mol. The molecule has 2 unspecified atom stereocenters. The summed E-state index contributed by atoms with van der Waals surface area (Å²) in [5.74, 6) is -4.40. The predicted octanol–water partition coefficient (Wildman–Crippen LogP) is 0.637. The summed E-state index contributed by atoms with van der Waals surface area (Å²) >= 11 is 0. The van der Waals surface area contributed by atoms with Crippen molar-refractivity contribution < 1.29 is 32.3 Å². The van der Waals surface area contributed by atoms with E-state index in [1.807, 2.05) is 0 Å². The minimum absolute atomic E-state index is 0.00542. The molecule has 0 spiro atoms. The molecular formula is C17H17F3N4O4. The summed E-state index contributed by atoms with van der Waals surface area (Å²) in [6.07, 6.45) is -4.45. The molecule has 1 fully saturated rings. The Labute approximate surface area is 157 Å². The van der Waals surface area contributed by atoms with Gasteiger partial charge in [0.1, 0.15) is 6.04 Å². The van der Waals surface area contributed by atoms with Crippen LogP contribution in [0.3, 0.4) is 0 Å². The number of halogens is 3. The highest BCUT2D eigenvalue weighted by atomic mass is 19.4. The molecule has 2 atom stereocenters. The Hall–Kier alpha value is -2.95. The molecule has 4 N–H and O–H groups in total. The van der Waals surface area contributed by atoms with E-state index in [0.717, 1.165) is 4.90 Å². The van der Waals surface area contributed by atoms with Crippen molar-refractivity contribution in [2.24, 2.45) is 11.7 Å². The van der Waals surface area contributed by atoms with Gasteiger partial charge in [-0.1, -0.05) is 0 Å². The van der Waals surface area contributed by atoms with Crippen molar-refractivity contribution in [2.45, 2.75) is 25.1 Å². The molecule has 0 aliphatic carbocycles. The Morgan fingerprint density at radius 1 is 1.18 bits per heavy atom. The lowest BCUT2D eigenvalue weighted by Crippen LogP contribution is -2.54. The van der Waals surface area contributed by atoms with Gasteiger partial charge in [0, 0.05) is 25.2 Å². The van der Waals surface area contributed by atoms with Gasteiger partial charge in [0.25, 0.3) is 11.8 Å². The van der Waals surface area contributed by atoms with Crippen LogP contribution >= 0.6 is 0 Å². The zero-order chi connectivity index (χ0) is 20.6. The molecule has 2 heterocycles. The first-order valence-electron chi connectivity index (χ1n) is 8.49. The third-order valence-corrected chi connectivity index (χ3v) is 4.74. The second kappa shape index (κ2) is 7.23. The molecule has 0 aromatic heterocycles. The van der Waals surface area contributed by atoms with E-state index < -0.39 is 54.9 Å². The second-order valence-corrected chi connectivity index (χ2v) is 6.56. The highest BCUT2D eigenvalue weighted by Crippen LogP contribution is 2.30. The molecule has 4 amide bonds. The van der Waals surface area contributed by atoms with Crippen molar-refractivity contribution in [3.8, 4) is 0 Å². The normalized spacial score (nSPS) is 20.9. The molecule has 0 radical (unpaired) electrons. The number of nitrogens with zero attached hydrogens (tertiary/aromatic N) is 1. The third kappa shape index (κ3) is 3.57. The van der Waals surface area contributed by atoms with Gasteiger partial charge in [-0.2, -0.15) is 13.2 Å². The van der Waals surface area contributed by atoms with Gasteiger partial charge >= 0.3 is 6.18 Å². The maximum Gasteiger partial charge on any atom is 0.394 e. The molecular weight excluding hydrogens is 381 g/mol. The SMILES string of the molecule is NCC(CNc1ccc2c(c1)C(=O)N(C1CCC(=O)NC1=O)C2=O)C(F)(F)F. The Morgan fingerprint density at radius 2 is 1.86 bits per heavy atom. The van der Waals surface area contributed by atoms with E-state index in [0.29, 0.717) is 0 Å². The largest absolute Gasteiger partial charge is 0.394 e. The van der Waals surface area contributed by atoms with Crippen molar-refractivity contribution in [2.75, 3.05) is 18.4 Å². The van der Waals surface area contributed by atoms with E-state index in [1.165, 1.54) is 18.2 Å². The molecule has 1 aromatic rings. The lowest BCUT2D eigenvalue weighted by molar-refractivity contribution is -0.167. The molecule has 3 rings (SSSR count). The summed E-state index contributed by atoms with van der Waals surface area (Å²) in [5, 5.41) is 4.65. The van der Waals surface area contributed by atoms with Gasteiger partial charge in [0.15, 0.2) is 0 Å². The molecule has 0 saturated carbocycles. The number of rotatable bonds is 5. The number of nitrogens with one attached hydrogen (secondary N) is 2. The van der Waals surface area contributed by atoms with E-state index >= 15 is 0 Å². The van der Waals surface area contributed by atoms with Crippen LogP contribution < -0.4 is 16.4 Å². The Kier molecular flexibility index (Phi) is 5.11. The number of piperidine rings is 1. The second-order valence-electron chi connectivity index (χ2n) is 6.56. The van der Waals surface area contributed by atoms with Crippen LogP contribution in [0.4, 0.5) is 18.9 Å². The molecule has 1 saturated heterocycles. The summed E-state index contributed by atoms with van der Waals surface area (Å²) in [6, 6.07) is 2.86. The maximum atomic E-state index is 12.8. The molecule has 2 aliphatic rings. The van der Waals surface area contributed by atoms with Gasteiger partial charge in [-0.05, 0) is 24.6 Å². The minimum Gasteiger partial charge on any atom is -0.384 e. The average molecular weight is 398 g/mol. The predicted molar refractivity (Wildman–Crippen MR) is 90.2 cm³/mol. The molecule has 2 aliphatic heterocycles. The number of carbonyl (C=O) groups excluding carboxylic acids is 4. The zero-order valence-electron chi connectivity index (χ0n) is 14.5. The van der Waals surface area contributed by atoms with Gasteiger partial charge < -0.3 is 11.1 Å². The molecule has 28 heavy (non-hydrogen) atoms. The van der Waals surface area contributed by atoms with E-state index in [4.69, 9.17) is 5.73 Å². The van der Waals surface area contributed by atoms with Gasteiger partial charge in [0.05, 0.1) is 17.0 Å². The van der Waals surface area contributed by atoms with Crippen LogP contribution in [0.2, 0.25) is 0 Å². The number of hydrogen-bond acceptors (Lipinski definition) is 6. The summed E-state index contributed by atoms with van der Waals surface area (Å²) in [5.41, 5.74) is 5.40. The van der Waals surface area contributed by atoms with Crippen molar-refractivity contribution in [1.82, 2.24) is 10.2 Å². The van der Waals surface area contributed by atoms with Gasteiger partial charge in [0.2, 0.25) is 11.8 Å². The number of benzene rings is 1. The van der Waals surface area contributed by atoms with E-state index in [-0.39, 0.29) is 29.7 Å². The summed E-state index contributed by atoms with van der Waals surface area (Å²) in [6.45, 7) is -1.08. The first kappa shape index (κ1) is 19.8. The van der Waals surface area contributed by atoms with Crippen LogP contribution in [-0.2, 0) is 9.59 Å². The van der Waals surface area contributed by atoms with E-state index in [9.17, 15) is 32.3 Å². The van der Waals surface area contributed by atoms with Crippen LogP contribution in [0.15, 0.2) is 18.2 Å².